The van der Waals surface area contributed by atoms with E-state index in [0.29, 0.717) is 18.7 Å². The van der Waals surface area contributed by atoms with Gasteiger partial charge in [-0.3, -0.25) is 19.0 Å². The molecule has 0 aromatic carbocycles. The molecule has 2 fully saturated rings. The van der Waals surface area contributed by atoms with E-state index < -0.39 is 17.8 Å². The topological polar surface area (TPSA) is 111 Å². The normalized spacial score (nSPS) is 26.4. The number of ether oxygens (including phenoxy) is 1. The molecular formula is C18H23N5O4. The molecule has 4 atom stereocenters. The van der Waals surface area contributed by atoms with E-state index in [0.717, 1.165) is 24.2 Å². The highest BCUT2D eigenvalue weighted by Gasteiger charge is 2.55. The van der Waals surface area contributed by atoms with Crippen LogP contribution in [0.2, 0.25) is 0 Å². The number of fused-ring (bicyclic) bond motifs is 2. The van der Waals surface area contributed by atoms with Gasteiger partial charge in [0.05, 0.1) is 48.7 Å². The fraction of sp³-hybridized carbons (Fsp3) is 0.556. The first-order chi connectivity index (χ1) is 13.0. The van der Waals surface area contributed by atoms with Gasteiger partial charge in [-0.05, 0) is 26.7 Å². The summed E-state index contributed by atoms with van der Waals surface area (Å²) in [4.78, 5) is 24.2. The molecule has 2 aliphatic rings. The maximum atomic E-state index is 12.7. The Morgan fingerprint density at radius 1 is 1.26 bits per heavy atom. The first kappa shape index (κ1) is 17.7. The summed E-state index contributed by atoms with van der Waals surface area (Å²) >= 11 is 0. The fourth-order valence-corrected chi connectivity index (χ4v) is 4.20. The number of aryl methyl sites for hydroxylation is 1. The molecule has 1 amide bonds. The maximum absolute atomic E-state index is 12.7. The lowest BCUT2D eigenvalue weighted by atomic mass is 9.78. The number of hydrogen-bond acceptors (Lipinski definition) is 5. The maximum Gasteiger partial charge on any atom is 0.310 e. The van der Waals surface area contributed by atoms with Crippen molar-refractivity contribution in [2.45, 2.75) is 52.0 Å². The van der Waals surface area contributed by atoms with Gasteiger partial charge in [0.15, 0.2) is 0 Å². The molecule has 2 aromatic rings. The van der Waals surface area contributed by atoms with E-state index in [9.17, 15) is 14.7 Å². The second-order valence-corrected chi connectivity index (χ2v) is 7.17. The Labute approximate surface area is 156 Å². The Morgan fingerprint density at radius 3 is 2.67 bits per heavy atom. The first-order valence-electron chi connectivity index (χ1n) is 9.20. The molecule has 0 spiro atoms. The van der Waals surface area contributed by atoms with Gasteiger partial charge >= 0.3 is 5.97 Å². The molecule has 9 heteroatoms. The van der Waals surface area contributed by atoms with E-state index in [1.165, 1.54) is 0 Å². The second kappa shape index (κ2) is 6.80. The number of hydrogen-bond donors (Lipinski definition) is 2. The van der Waals surface area contributed by atoms with Crippen LogP contribution in [0.1, 0.15) is 31.0 Å². The van der Waals surface area contributed by atoms with Gasteiger partial charge in [-0.15, -0.1) is 0 Å². The Hall–Kier alpha value is -2.68. The summed E-state index contributed by atoms with van der Waals surface area (Å²) in [5.74, 6) is -2.72. The average Bonchev–Trinajstić information content (AvgIpc) is 3.40. The van der Waals surface area contributed by atoms with Crippen LogP contribution in [0.25, 0.3) is 0 Å². The zero-order valence-electron chi connectivity index (χ0n) is 15.3. The van der Waals surface area contributed by atoms with Crippen LogP contribution in [0.4, 0.5) is 5.69 Å². The minimum atomic E-state index is -0.971. The molecule has 27 heavy (non-hydrogen) atoms. The van der Waals surface area contributed by atoms with E-state index in [1.54, 1.807) is 17.1 Å². The molecule has 0 unspecified atom stereocenters. The molecule has 2 aliphatic heterocycles. The Morgan fingerprint density at radius 2 is 2.00 bits per heavy atom. The van der Waals surface area contributed by atoms with Crippen LogP contribution >= 0.6 is 0 Å². The van der Waals surface area contributed by atoms with Gasteiger partial charge in [-0.2, -0.15) is 10.2 Å². The van der Waals surface area contributed by atoms with E-state index in [2.05, 4.69) is 15.5 Å². The van der Waals surface area contributed by atoms with Crippen LogP contribution in [0.5, 0.6) is 0 Å². The molecule has 0 radical (unpaired) electrons. The number of carbonyl (C=O) groups excluding carboxylic acids is 1. The number of aliphatic carboxylic acids is 1. The van der Waals surface area contributed by atoms with E-state index >= 15 is 0 Å². The number of anilines is 1. The molecule has 2 N–H and O–H groups in total. The number of carboxylic acids is 1. The van der Waals surface area contributed by atoms with Crippen molar-refractivity contribution in [2.24, 2.45) is 11.8 Å². The van der Waals surface area contributed by atoms with Crippen LogP contribution in [0.3, 0.4) is 0 Å². The van der Waals surface area contributed by atoms with Crippen molar-refractivity contribution >= 4 is 17.6 Å². The van der Waals surface area contributed by atoms with Gasteiger partial charge < -0.3 is 15.2 Å². The third-order valence-electron chi connectivity index (χ3n) is 5.60. The standard InChI is InChI=1S/C18H23N5O4/c1-3-23-10(2)11(6-20-23)8-22-9-12(7-19-22)21-17(24)15-13-4-5-14(27-13)16(15)18(25)26/h6-7,9,13-16H,3-5,8H2,1-2H3,(H,21,24)(H,25,26)/t13-,14+,15-,16+/m1/s1. The van der Waals surface area contributed by atoms with Crippen LogP contribution in [-0.2, 0) is 27.4 Å². The highest BCUT2D eigenvalue weighted by molar-refractivity contribution is 5.96. The molecule has 0 aliphatic carbocycles. The van der Waals surface area contributed by atoms with Crippen molar-refractivity contribution in [3.05, 3.63) is 29.8 Å². The van der Waals surface area contributed by atoms with Gasteiger partial charge in [0.1, 0.15) is 0 Å². The third kappa shape index (κ3) is 3.12. The molecule has 4 rings (SSSR count). The number of carbonyl (C=O) groups is 2. The lowest BCUT2D eigenvalue weighted by Crippen LogP contribution is -2.40. The second-order valence-electron chi connectivity index (χ2n) is 7.17. The summed E-state index contributed by atoms with van der Waals surface area (Å²) in [6.45, 7) is 5.41. The van der Waals surface area contributed by atoms with Gasteiger partial charge in [0.25, 0.3) is 0 Å². The number of aromatic nitrogens is 4. The Kier molecular flexibility index (Phi) is 4.47. The lowest BCUT2D eigenvalue weighted by Gasteiger charge is -2.23. The Bertz CT molecular complexity index is 873. The summed E-state index contributed by atoms with van der Waals surface area (Å²) < 4.78 is 9.30. The van der Waals surface area contributed by atoms with Gasteiger partial charge in [0.2, 0.25) is 5.91 Å². The van der Waals surface area contributed by atoms with Crippen molar-refractivity contribution in [1.29, 1.82) is 0 Å². The highest BCUT2D eigenvalue weighted by Crippen LogP contribution is 2.44. The molecule has 144 valence electrons. The zero-order valence-corrected chi connectivity index (χ0v) is 15.3. The smallest absolute Gasteiger partial charge is 0.310 e. The minimum absolute atomic E-state index is 0.311. The highest BCUT2D eigenvalue weighted by atomic mass is 16.5. The summed E-state index contributed by atoms with van der Waals surface area (Å²) in [5.41, 5.74) is 2.69. The number of carboxylic acid groups (broad SMARTS) is 1. The number of rotatable bonds is 6. The van der Waals surface area contributed by atoms with Gasteiger partial charge in [0, 0.05) is 24.0 Å². The molecular weight excluding hydrogens is 350 g/mol. The average molecular weight is 373 g/mol. The number of nitrogens with zero attached hydrogens (tertiary/aromatic N) is 4. The lowest BCUT2D eigenvalue weighted by molar-refractivity contribution is -0.147. The SMILES string of the molecule is CCn1ncc(Cn2cc(NC(=O)[C@H]3[C@@H](C(=O)O)[C@@H]4CC[C@H]3O4)cn2)c1C. The molecule has 2 aromatic heterocycles. The predicted octanol–water partition coefficient (Wildman–Crippen LogP) is 1.27. The van der Waals surface area contributed by atoms with E-state index in [-0.39, 0.29) is 18.1 Å². The molecule has 2 saturated heterocycles. The van der Waals surface area contributed by atoms with Crippen LogP contribution in [-0.4, -0.2) is 48.8 Å². The van der Waals surface area contributed by atoms with E-state index in [1.807, 2.05) is 24.7 Å². The predicted molar refractivity (Wildman–Crippen MR) is 95.1 cm³/mol. The molecule has 2 bridgehead atoms. The minimum Gasteiger partial charge on any atom is -0.481 e. The van der Waals surface area contributed by atoms with Gasteiger partial charge in [-0.1, -0.05) is 0 Å². The monoisotopic (exact) mass is 373 g/mol. The van der Waals surface area contributed by atoms with Crippen molar-refractivity contribution < 1.29 is 19.4 Å². The summed E-state index contributed by atoms with van der Waals surface area (Å²) in [6, 6.07) is 0. The first-order valence-corrected chi connectivity index (χ1v) is 9.20. The third-order valence-corrected chi connectivity index (χ3v) is 5.60. The van der Waals surface area contributed by atoms with Crippen molar-refractivity contribution in [1.82, 2.24) is 19.6 Å². The van der Waals surface area contributed by atoms with Crippen LogP contribution in [0.15, 0.2) is 18.6 Å². The quantitative estimate of drug-likeness (QED) is 0.789. The largest absolute Gasteiger partial charge is 0.481 e. The number of amides is 1. The van der Waals surface area contributed by atoms with E-state index in [4.69, 9.17) is 4.74 Å². The van der Waals surface area contributed by atoms with Gasteiger partial charge in [-0.25, -0.2) is 0 Å². The van der Waals surface area contributed by atoms with Crippen molar-refractivity contribution in [3.63, 3.8) is 0 Å². The molecule has 4 heterocycles. The fourth-order valence-electron chi connectivity index (χ4n) is 4.20. The van der Waals surface area contributed by atoms with Crippen molar-refractivity contribution in [2.75, 3.05) is 5.32 Å². The summed E-state index contributed by atoms with van der Waals surface area (Å²) in [7, 11) is 0. The molecule has 9 nitrogen and oxygen atoms in total. The molecule has 0 saturated carbocycles. The van der Waals surface area contributed by atoms with Crippen LogP contribution in [0, 0.1) is 18.8 Å². The summed E-state index contributed by atoms with van der Waals surface area (Å²) in [5, 5.41) is 20.9. The Balaban J connectivity index is 1.44. The number of nitrogens with one attached hydrogen (secondary N) is 1. The van der Waals surface area contributed by atoms with Crippen molar-refractivity contribution in [3.8, 4) is 0 Å². The van der Waals surface area contributed by atoms with Crippen LogP contribution < -0.4 is 5.32 Å². The zero-order chi connectivity index (χ0) is 19.1. The summed E-state index contributed by atoms with van der Waals surface area (Å²) in [6.07, 6.45) is 5.90.